The van der Waals surface area contributed by atoms with Crippen LogP contribution < -0.4 is 10.2 Å². The molecule has 1 aliphatic carbocycles. The fourth-order valence-electron chi connectivity index (χ4n) is 6.16. The Morgan fingerprint density at radius 1 is 0.947 bits per heavy atom. The zero-order valence-electron chi connectivity index (χ0n) is 22.3. The molecule has 3 aliphatic rings. The molecule has 0 bridgehead atoms. The average Bonchev–Trinajstić information content (AvgIpc) is 3.58. The Labute approximate surface area is 223 Å². The standard InChI is InChI=1S/C28H36FN9/c1-3-36-10-12-37(13-11-36)17-20-8-9-24(30-15-20)34-28-31-16-23(29)26(35-28)25-22-14-19(2)38(21-6-4-5-7-21)27(22)33-18-32-25/h8-9,15-16,18-19,21H,3-7,10-14,17H2,1-2H3,(H,30,31,34,35). The van der Waals surface area contributed by atoms with E-state index in [1.165, 1.54) is 43.8 Å². The Morgan fingerprint density at radius 2 is 1.74 bits per heavy atom. The number of nitrogens with one attached hydrogen (secondary N) is 1. The van der Waals surface area contributed by atoms with Gasteiger partial charge in [-0.05, 0) is 44.4 Å². The van der Waals surface area contributed by atoms with E-state index < -0.39 is 5.82 Å². The van der Waals surface area contributed by atoms with Crippen molar-refractivity contribution < 1.29 is 4.39 Å². The third kappa shape index (κ3) is 5.07. The molecule has 1 saturated carbocycles. The van der Waals surface area contributed by atoms with Crippen molar-refractivity contribution in [3.05, 3.63) is 47.8 Å². The number of piperazine rings is 1. The largest absolute Gasteiger partial charge is 0.350 e. The predicted molar refractivity (Wildman–Crippen MR) is 146 cm³/mol. The average molecular weight is 518 g/mol. The predicted octanol–water partition coefficient (Wildman–Crippen LogP) is 4.04. The van der Waals surface area contributed by atoms with Crippen LogP contribution in [-0.4, -0.2) is 79.5 Å². The van der Waals surface area contributed by atoms with E-state index in [0.29, 0.717) is 29.5 Å². The summed E-state index contributed by atoms with van der Waals surface area (Å²) in [7, 11) is 0. The summed E-state index contributed by atoms with van der Waals surface area (Å²) in [5.74, 6) is 1.35. The van der Waals surface area contributed by atoms with E-state index in [1.54, 1.807) is 0 Å². The van der Waals surface area contributed by atoms with Crippen LogP contribution >= 0.6 is 0 Å². The van der Waals surface area contributed by atoms with Crippen LogP contribution in [0, 0.1) is 5.82 Å². The zero-order chi connectivity index (χ0) is 26.1. The summed E-state index contributed by atoms with van der Waals surface area (Å²) in [4.78, 5) is 29.7. The molecular formula is C28H36FN9. The van der Waals surface area contributed by atoms with Gasteiger partial charge in [-0.15, -0.1) is 0 Å². The summed E-state index contributed by atoms with van der Waals surface area (Å²) in [6, 6.07) is 4.80. The van der Waals surface area contributed by atoms with Gasteiger partial charge < -0.3 is 15.1 Å². The number of pyridine rings is 1. The fourth-order valence-corrected chi connectivity index (χ4v) is 6.16. The normalized spacial score (nSPS) is 20.7. The van der Waals surface area contributed by atoms with Gasteiger partial charge in [0.2, 0.25) is 5.95 Å². The van der Waals surface area contributed by atoms with E-state index >= 15 is 4.39 Å². The Kier molecular flexibility index (Phi) is 7.16. The number of fused-ring (bicyclic) bond motifs is 1. The Bertz CT molecular complexity index is 1250. The summed E-state index contributed by atoms with van der Waals surface area (Å²) in [6.45, 7) is 10.8. The molecule has 0 aromatic carbocycles. The second kappa shape index (κ2) is 10.9. The van der Waals surface area contributed by atoms with Crippen LogP contribution in [0.3, 0.4) is 0 Å². The second-order valence-electron chi connectivity index (χ2n) is 10.7. The highest BCUT2D eigenvalue weighted by molar-refractivity contribution is 5.70. The smallest absolute Gasteiger partial charge is 0.229 e. The molecule has 10 heteroatoms. The topological polar surface area (TPSA) is 86.2 Å². The minimum absolute atomic E-state index is 0.199. The lowest BCUT2D eigenvalue weighted by Crippen LogP contribution is -2.45. The maximum Gasteiger partial charge on any atom is 0.229 e. The van der Waals surface area contributed by atoms with Crippen molar-refractivity contribution in [3.8, 4) is 11.4 Å². The van der Waals surface area contributed by atoms with Crippen LogP contribution in [0.5, 0.6) is 0 Å². The zero-order valence-corrected chi connectivity index (χ0v) is 22.3. The van der Waals surface area contributed by atoms with Crippen molar-refractivity contribution in [3.63, 3.8) is 0 Å². The first-order valence-corrected chi connectivity index (χ1v) is 13.9. The van der Waals surface area contributed by atoms with Gasteiger partial charge in [-0.1, -0.05) is 25.8 Å². The van der Waals surface area contributed by atoms with Crippen molar-refractivity contribution >= 4 is 17.6 Å². The molecular weight excluding hydrogens is 481 g/mol. The van der Waals surface area contributed by atoms with Gasteiger partial charge in [0.25, 0.3) is 0 Å². The lowest BCUT2D eigenvalue weighted by molar-refractivity contribution is 0.132. The summed E-state index contributed by atoms with van der Waals surface area (Å²) in [5, 5.41) is 3.14. The number of likely N-dealkylation sites (N-methyl/N-ethyl adjacent to an activating group) is 1. The molecule has 0 radical (unpaired) electrons. The monoisotopic (exact) mass is 517 g/mol. The molecule has 5 heterocycles. The summed E-state index contributed by atoms with van der Waals surface area (Å²) in [6.07, 6.45) is 10.3. The van der Waals surface area contributed by atoms with Crippen LogP contribution in [-0.2, 0) is 13.0 Å². The van der Waals surface area contributed by atoms with E-state index in [1.807, 2.05) is 12.3 Å². The summed E-state index contributed by atoms with van der Waals surface area (Å²) in [5.41, 5.74) is 2.89. The summed E-state index contributed by atoms with van der Waals surface area (Å²) >= 11 is 0. The van der Waals surface area contributed by atoms with Crippen LogP contribution in [0.15, 0.2) is 30.9 Å². The van der Waals surface area contributed by atoms with E-state index in [9.17, 15) is 0 Å². The number of hydrogen-bond acceptors (Lipinski definition) is 9. The van der Waals surface area contributed by atoms with Gasteiger partial charge in [0.15, 0.2) is 5.82 Å². The van der Waals surface area contributed by atoms with Gasteiger partial charge in [0, 0.05) is 56.6 Å². The van der Waals surface area contributed by atoms with E-state index in [4.69, 9.17) is 0 Å². The van der Waals surface area contributed by atoms with Crippen LogP contribution in [0.1, 0.15) is 50.7 Å². The molecule has 3 aromatic rings. The van der Waals surface area contributed by atoms with E-state index in [0.717, 1.165) is 57.1 Å². The first-order chi connectivity index (χ1) is 18.6. The van der Waals surface area contributed by atoms with Crippen LogP contribution in [0.4, 0.5) is 22.0 Å². The number of aromatic nitrogens is 5. The lowest BCUT2D eigenvalue weighted by Gasteiger charge is -2.33. The number of rotatable bonds is 7. The maximum absolute atomic E-state index is 15.0. The van der Waals surface area contributed by atoms with Crippen molar-refractivity contribution in [2.45, 2.75) is 64.6 Å². The molecule has 2 aliphatic heterocycles. The van der Waals surface area contributed by atoms with Crippen molar-refractivity contribution in [1.82, 2.24) is 34.7 Å². The number of hydrogen-bond donors (Lipinski definition) is 1. The number of nitrogens with zero attached hydrogens (tertiary/aromatic N) is 8. The molecule has 0 amide bonds. The fraction of sp³-hybridized carbons (Fsp3) is 0.536. The van der Waals surface area contributed by atoms with Crippen molar-refractivity contribution in [2.24, 2.45) is 0 Å². The highest BCUT2D eigenvalue weighted by Gasteiger charge is 2.36. The van der Waals surface area contributed by atoms with Gasteiger partial charge in [0.1, 0.15) is 29.4 Å². The minimum Gasteiger partial charge on any atom is -0.350 e. The first kappa shape index (κ1) is 25.1. The second-order valence-corrected chi connectivity index (χ2v) is 10.7. The van der Waals surface area contributed by atoms with E-state index in [2.05, 4.69) is 64.9 Å². The number of halogens is 1. The Balaban J connectivity index is 1.18. The number of anilines is 3. The van der Waals surface area contributed by atoms with Gasteiger partial charge in [-0.3, -0.25) is 4.90 Å². The molecule has 6 rings (SSSR count). The first-order valence-electron chi connectivity index (χ1n) is 13.9. The van der Waals surface area contributed by atoms with Crippen molar-refractivity contribution in [2.75, 3.05) is 42.9 Å². The lowest BCUT2D eigenvalue weighted by atomic mass is 10.1. The van der Waals surface area contributed by atoms with Gasteiger partial charge in [-0.25, -0.2) is 29.3 Å². The molecule has 1 unspecified atom stereocenters. The molecule has 1 N–H and O–H groups in total. The molecule has 2 fully saturated rings. The van der Waals surface area contributed by atoms with E-state index in [-0.39, 0.29) is 5.69 Å². The molecule has 1 atom stereocenters. The SMILES string of the molecule is CCN1CCN(Cc2ccc(Nc3ncc(F)c(-c4ncnc5c4CC(C)N5C4CCCC4)n3)nc2)CC1. The molecule has 1 saturated heterocycles. The van der Waals surface area contributed by atoms with Gasteiger partial charge in [-0.2, -0.15) is 0 Å². The van der Waals surface area contributed by atoms with Crippen molar-refractivity contribution in [1.29, 1.82) is 0 Å². The molecule has 9 nitrogen and oxygen atoms in total. The molecule has 3 aromatic heterocycles. The minimum atomic E-state index is -0.491. The molecule has 38 heavy (non-hydrogen) atoms. The molecule has 0 spiro atoms. The van der Waals surface area contributed by atoms with Crippen LogP contribution in [0.2, 0.25) is 0 Å². The highest BCUT2D eigenvalue weighted by Crippen LogP contribution is 2.40. The summed E-state index contributed by atoms with van der Waals surface area (Å²) < 4.78 is 15.0. The Hall–Kier alpha value is -3.24. The maximum atomic E-state index is 15.0. The Morgan fingerprint density at radius 3 is 2.47 bits per heavy atom. The third-order valence-corrected chi connectivity index (χ3v) is 8.21. The third-order valence-electron chi connectivity index (χ3n) is 8.21. The quantitative estimate of drug-likeness (QED) is 0.499. The van der Waals surface area contributed by atoms with Crippen LogP contribution in [0.25, 0.3) is 11.4 Å². The van der Waals surface area contributed by atoms with Gasteiger partial charge >= 0.3 is 0 Å². The highest BCUT2D eigenvalue weighted by atomic mass is 19.1. The molecule has 200 valence electrons. The van der Waals surface area contributed by atoms with Gasteiger partial charge in [0.05, 0.1) is 6.20 Å².